The van der Waals surface area contributed by atoms with E-state index in [2.05, 4.69) is 41.8 Å². The minimum absolute atomic E-state index is 0.0759. The van der Waals surface area contributed by atoms with E-state index >= 15 is 0 Å². The zero-order chi connectivity index (χ0) is 25.3. The third kappa shape index (κ3) is 5.04. The Morgan fingerprint density at radius 3 is 2.28 bits per heavy atom. The minimum atomic E-state index is -3.65. The summed E-state index contributed by atoms with van der Waals surface area (Å²) in [6.07, 6.45) is 5.56. The average Bonchev–Trinajstić information content (AvgIpc) is 3.37. The van der Waals surface area contributed by atoms with Crippen molar-refractivity contribution in [2.45, 2.75) is 62.9 Å². The van der Waals surface area contributed by atoms with Gasteiger partial charge in [0, 0.05) is 44.5 Å². The van der Waals surface area contributed by atoms with Crippen LogP contribution in [0.2, 0.25) is 0 Å². The van der Waals surface area contributed by atoms with Crippen LogP contribution in [-0.2, 0) is 14.8 Å². The Hall–Kier alpha value is -2.42. The van der Waals surface area contributed by atoms with E-state index in [0.717, 1.165) is 38.8 Å². The van der Waals surface area contributed by atoms with Gasteiger partial charge in [0.05, 0.1) is 11.6 Å². The molecule has 1 unspecified atom stereocenters. The molecule has 5 rings (SSSR count). The number of aryl methyl sites for hydroxylation is 2. The van der Waals surface area contributed by atoms with E-state index < -0.39 is 16.1 Å². The van der Waals surface area contributed by atoms with Gasteiger partial charge in [0.15, 0.2) is 0 Å². The summed E-state index contributed by atoms with van der Waals surface area (Å²) in [6, 6.07) is 15.0. The first-order valence-electron chi connectivity index (χ1n) is 13.3. The third-order valence-electron chi connectivity index (χ3n) is 8.10. The van der Waals surface area contributed by atoms with Gasteiger partial charge in [0.2, 0.25) is 15.9 Å². The molecule has 1 atom stereocenters. The predicted octanol–water partition coefficient (Wildman–Crippen LogP) is 3.62. The molecule has 3 fully saturated rings. The molecule has 3 aliphatic rings. The monoisotopic (exact) mass is 510 g/mol. The van der Waals surface area contributed by atoms with Crippen LogP contribution in [0.5, 0.6) is 0 Å². The lowest BCUT2D eigenvalue weighted by Crippen LogP contribution is -2.56. The lowest BCUT2D eigenvalue weighted by Gasteiger charge is -2.40. The second-order valence-corrected chi connectivity index (χ2v) is 12.5. The molecule has 1 saturated carbocycles. The van der Waals surface area contributed by atoms with E-state index in [1.807, 2.05) is 11.0 Å². The van der Waals surface area contributed by atoms with E-state index in [0.29, 0.717) is 24.7 Å². The quantitative estimate of drug-likeness (QED) is 0.615. The maximum atomic E-state index is 13.9. The zero-order valence-corrected chi connectivity index (χ0v) is 22.3. The number of benzene rings is 2. The normalized spacial score (nSPS) is 22.8. The van der Waals surface area contributed by atoms with E-state index in [9.17, 15) is 13.2 Å². The van der Waals surface area contributed by atoms with Crippen LogP contribution in [0.1, 0.15) is 43.2 Å². The Kier molecular flexibility index (Phi) is 7.37. The molecule has 0 spiro atoms. The summed E-state index contributed by atoms with van der Waals surface area (Å²) < 4.78 is 28.4. The van der Waals surface area contributed by atoms with Crippen molar-refractivity contribution < 1.29 is 13.2 Å². The Bertz CT molecular complexity index is 1170. The van der Waals surface area contributed by atoms with Crippen molar-refractivity contribution in [1.82, 2.24) is 14.1 Å². The molecule has 0 aromatic heterocycles. The first kappa shape index (κ1) is 25.2. The molecule has 0 radical (unpaired) electrons. The summed E-state index contributed by atoms with van der Waals surface area (Å²) in [6.45, 7) is 7.66. The number of piperazine rings is 1. The number of nitrogens with zero attached hydrogens (tertiary/aromatic N) is 4. The van der Waals surface area contributed by atoms with Gasteiger partial charge in [0.1, 0.15) is 6.04 Å². The highest BCUT2D eigenvalue weighted by molar-refractivity contribution is 7.89. The molecule has 36 heavy (non-hydrogen) atoms. The van der Waals surface area contributed by atoms with Crippen molar-refractivity contribution >= 4 is 21.6 Å². The minimum Gasteiger partial charge on any atom is -0.368 e. The van der Waals surface area contributed by atoms with Crippen LogP contribution in [-0.4, -0.2) is 79.9 Å². The highest BCUT2D eigenvalue weighted by Gasteiger charge is 2.45. The molecule has 2 aliphatic heterocycles. The molecule has 7 nitrogen and oxygen atoms in total. The second-order valence-electron chi connectivity index (χ2n) is 10.5. The molecule has 2 heterocycles. The average molecular weight is 511 g/mol. The predicted molar refractivity (Wildman–Crippen MR) is 142 cm³/mol. The van der Waals surface area contributed by atoms with Gasteiger partial charge < -0.3 is 9.80 Å². The van der Waals surface area contributed by atoms with Crippen molar-refractivity contribution in [3.05, 3.63) is 59.7 Å². The molecule has 8 heteroatoms. The van der Waals surface area contributed by atoms with Crippen LogP contribution in [0.3, 0.4) is 0 Å². The molecule has 0 bridgehead atoms. The third-order valence-corrected chi connectivity index (χ3v) is 9.92. The van der Waals surface area contributed by atoms with E-state index in [1.54, 1.807) is 24.3 Å². The van der Waals surface area contributed by atoms with Gasteiger partial charge in [-0.1, -0.05) is 49.6 Å². The summed E-state index contributed by atoms with van der Waals surface area (Å²) in [5, 5.41) is 0. The number of hydrogen-bond acceptors (Lipinski definition) is 5. The first-order chi connectivity index (χ1) is 17.3. The number of amides is 1. The number of sulfonamides is 1. The zero-order valence-electron chi connectivity index (χ0n) is 21.5. The van der Waals surface area contributed by atoms with Gasteiger partial charge in [-0.05, 0) is 56.0 Å². The molecule has 194 valence electrons. The highest BCUT2D eigenvalue weighted by Crippen LogP contribution is 2.31. The van der Waals surface area contributed by atoms with Crippen LogP contribution in [0, 0.1) is 13.8 Å². The number of carbonyl (C=O) groups is 1. The molecule has 2 aromatic rings. The van der Waals surface area contributed by atoms with E-state index in [1.165, 1.54) is 27.5 Å². The number of anilines is 1. The Balaban J connectivity index is 1.32. The van der Waals surface area contributed by atoms with Crippen molar-refractivity contribution in [1.29, 1.82) is 0 Å². The lowest BCUT2D eigenvalue weighted by molar-refractivity contribution is -0.136. The van der Waals surface area contributed by atoms with E-state index in [4.69, 9.17) is 0 Å². The molecule has 0 N–H and O–H groups in total. The summed E-state index contributed by atoms with van der Waals surface area (Å²) in [4.78, 5) is 20.7. The summed E-state index contributed by atoms with van der Waals surface area (Å²) in [7, 11) is -3.65. The van der Waals surface area contributed by atoms with Crippen LogP contribution >= 0.6 is 0 Å². The Morgan fingerprint density at radius 2 is 1.58 bits per heavy atom. The van der Waals surface area contributed by atoms with Gasteiger partial charge in [-0.15, -0.1) is 0 Å². The van der Waals surface area contributed by atoms with Crippen molar-refractivity contribution in [3.8, 4) is 0 Å². The van der Waals surface area contributed by atoms with Crippen LogP contribution in [0.15, 0.2) is 53.4 Å². The van der Waals surface area contributed by atoms with Gasteiger partial charge in [0.25, 0.3) is 0 Å². The van der Waals surface area contributed by atoms with Gasteiger partial charge in [-0.2, -0.15) is 4.31 Å². The van der Waals surface area contributed by atoms with Crippen LogP contribution in [0.25, 0.3) is 0 Å². The molecule has 2 aromatic carbocycles. The summed E-state index contributed by atoms with van der Waals surface area (Å²) in [5.74, 6) is 0.0759. The number of hydrogen-bond donors (Lipinski definition) is 0. The molecule has 2 saturated heterocycles. The van der Waals surface area contributed by atoms with Gasteiger partial charge >= 0.3 is 0 Å². The fraction of sp³-hybridized carbons (Fsp3) is 0.536. The number of carbonyl (C=O) groups excluding carboxylic acids is 1. The SMILES string of the molecule is Cc1ccc(C)c(N2CCN(C(=O)C3CN(S(=O)(=O)c4ccccc4)CN3C3CCCCC3)CC2)c1. The number of rotatable bonds is 5. The van der Waals surface area contributed by atoms with Crippen molar-refractivity contribution in [2.75, 3.05) is 44.3 Å². The topological polar surface area (TPSA) is 64.2 Å². The Labute approximate surface area is 215 Å². The van der Waals surface area contributed by atoms with E-state index in [-0.39, 0.29) is 18.5 Å². The Morgan fingerprint density at radius 1 is 0.889 bits per heavy atom. The fourth-order valence-corrected chi connectivity index (χ4v) is 7.42. The van der Waals surface area contributed by atoms with Crippen molar-refractivity contribution in [2.24, 2.45) is 0 Å². The molecule has 1 aliphatic carbocycles. The van der Waals surface area contributed by atoms with Crippen LogP contribution < -0.4 is 4.90 Å². The summed E-state index contributed by atoms with van der Waals surface area (Å²) >= 11 is 0. The highest BCUT2D eigenvalue weighted by atomic mass is 32.2. The maximum absolute atomic E-state index is 13.9. The molecular formula is C28H38N4O3S. The van der Waals surface area contributed by atoms with Crippen LogP contribution in [0.4, 0.5) is 5.69 Å². The molecule has 1 amide bonds. The van der Waals surface area contributed by atoms with Crippen molar-refractivity contribution in [3.63, 3.8) is 0 Å². The smallest absolute Gasteiger partial charge is 0.244 e. The standard InChI is InChI=1S/C28H38N4O3S/c1-22-13-14-23(2)26(19-22)29-15-17-30(18-16-29)28(33)27-20-31(21-32(27)24-9-5-3-6-10-24)36(34,35)25-11-7-4-8-12-25/h4,7-8,11-14,19,24,27H,3,5-6,9-10,15-18,20-21H2,1-2H3. The lowest BCUT2D eigenvalue weighted by atomic mass is 9.93. The largest absolute Gasteiger partial charge is 0.368 e. The maximum Gasteiger partial charge on any atom is 0.244 e. The second kappa shape index (κ2) is 10.5. The molecular weight excluding hydrogens is 472 g/mol. The summed E-state index contributed by atoms with van der Waals surface area (Å²) in [5.41, 5.74) is 3.73. The van der Waals surface area contributed by atoms with Gasteiger partial charge in [-0.25, -0.2) is 8.42 Å². The fourth-order valence-electron chi connectivity index (χ4n) is 5.99. The van der Waals surface area contributed by atoms with Gasteiger partial charge in [-0.3, -0.25) is 9.69 Å². The first-order valence-corrected chi connectivity index (χ1v) is 14.7.